The van der Waals surface area contributed by atoms with Gasteiger partial charge in [-0.3, -0.25) is 4.79 Å². The predicted octanol–water partition coefficient (Wildman–Crippen LogP) is 0.327. The Bertz CT molecular complexity index is 576. The van der Waals surface area contributed by atoms with E-state index in [0.29, 0.717) is 13.2 Å². The van der Waals surface area contributed by atoms with Crippen LogP contribution < -0.4 is 10.5 Å². The molecule has 0 aromatic carbocycles. The lowest BCUT2D eigenvalue weighted by atomic mass is 10.1. The van der Waals surface area contributed by atoms with Crippen molar-refractivity contribution >= 4 is 11.8 Å². The van der Waals surface area contributed by atoms with Crippen LogP contribution in [0, 0.1) is 0 Å². The van der Waals surface area contributed by atoms with Crippen molar-refractivity contribution in [3.63, 3.8) is 0 Å². The normalized spacial score (nSPS) is 19.4. The van der Waals surface area contributed by atoms with Crippen LogP contribution in [-0.2, 0) is 21.3 Å². The molecule has 0 spiro atoms. The molecule has 1 fully saturated rings. The summed E-state index contributed by atoms with van der Waals surface area (Å²) in [6.45, 7) is 6.47. The summed E-state index contributed by atoms with van der Waals surface area (Å²) in [5, 5.41) is 0. The second-order valence-electron chi connectivity index (χ2n) is 5.98. The standard InChI is InChI=1S/C14H21N3O4/c1-14(2,3)21-13(19)10-9-20-8-7-17(10)11-12(18)16(4)6-5-15-11/h5-6,10H,7-9H2,1-4H3. The molecule has 7 heteroatoms. The molecule has 1 aromatic rings. The van der Waals surface area contributed by atoms with E-state index in [0.717, 1.165) is 0 Å². The van der Waals surface area contributed by atoms with Crippen molar-refractivity contribution in [1.82, 2.24) is 9.55 Å². The lowest BCUT2D eigenvalue weighted by molar-refractivity contribution is -0.159. The van der Waals surface area contributed by atoms with Gasteiger partial charge in [0.25, 0.3) is 5.56 Å². The minimum absolute atomic E-state index is 0.189. The number of ether oxygens (including phenoxy) is 2. The molecular formula is C14H21N3O4. The first kappa shape index (κ1) is 15.5. The van der Waals surface area contributed by atoms with Crippen molar-refractivity contribution in [2.24, 2.45) is 7.05 Å². The molecule has 2 rings (SSSR count). The summed E-state index contributed by atoms with van der Waals surface area (Å²) in [6, 6.07) is -0.652. The highest BCUT2D eigenvalue weighted by Gasteiger charge is 2.35. The number of nitrogens with zero attached hydrogens (tertiary/aromatic N) is 3. The van der Waals surface area contributed by atoms with Crippen LogP contribution in [0.5, 0.6) is 0 Å². The Labute approximate surface area is 123 Å². The van der Waals surface area contributed by atoms with Crippen LogP contribution in [0.25, 0.3) is 0 Å². The fraction of sp³-hybridized carbons (Fsp3) is 0.643. The Hall–Kier alpha value is -1.89. The largest absolute Gasteiger partial charge is 0.458 e. The van der Waals surface area contributed by atoms with Crippen LogP contribution in [0.2, 0.25) is 0 Å². The number of esters is 1. The van der Waals surface area contributed by atoms with Gasteiger partial charge < -0.3 is 18.9 Å². The zero-order valence-electron chi connectivity index (χ0n) is 12.8. The summed E-state index contributed by atoms with van der Waals surface area (Å²) < 4.78 is 12.2. The predicted molar refractivity (Wildman–Crippen MR) is 77.3 cm³/mol. The minimum Gasteiger partial charge on any atom is -0.458 e. The number of rotatable bonds is 2. The molecule has 0 amide bonds. The maximum absolute atomic E-state index is 12.3. The number of aryl methyl sites for hydroxylation is 1. The molecule has 2 heterocycles. The van der Waals surface area contributed by atoms with Gasteiger partial charge in [0, 0.05) is 26.0 Å². The number of hydrogen-bond donors (Lipinski definition) is 0. The van der Waals surface area contributed by atoms with E-state index in [4.69, 9.17) is 9.47 Å². The van der Waals surface area contributed by atoms with E-state index in [9.17, 15) is 9.59 Å². The van der Waals surface area contributed by atoms with E-state index >= 15 is 0 Å². The summed E-state index contributed by atoms with van der Waals surface area (Å²) in [5.74, 6) is -0.158. The summed E-state index contributed by atoms with van der Waals surface area (Å²) in [7, 11) is 1.65. The van der Waals surface area contributed by atoms with Crippen LogP contribution >= 0.6 is 0 Å². The molecule has 0 saturated carbocycles. The molecule has 7 nitrogen and oxygen atoms in total. The van der Waals surface area contributed by atoms with E-state index in [2.05, 4.69) is 4.98 Å². The summed E-state index contributed by atoms with van der Waals surface area (Å²) in [6.07, 6.45) is 3.12. The van der Waals surface area contributed by atoms with E-state index < -0.39 is 17.6 Å². The molecule has 0 bridgehead atoms. The first-order valence-corrected chi connectivity index (χ1v) is 6.88. The molecule has 1 aromatic heterocycles. The molecule has 0 radical (unpaired) electrons. The van der Waals surface area contributed by atoms with Gasteiger partial charge in [-0.15, -0.1) is 0 Å². The third-order valence-electron chi connectivity index (χ3n) is 3.08. The molecule has 1 aliphatic heterocycles. The highest BCUT2D eigenvalue weighted by atomic mass is 16.6. The zero-order valence-corrected chi connectivity index (χ0v) is 12.8. The summed E-state index contributed by atoms with van der Waals surface area (Å²) in [4.78, 5) is 30.3. The average Bonchev–Trinajstić information content (AvgIpc) is 2.40. The molecule has 0 N–H and O–H groups in total. The Morgan fingerprint density at radius 1 is 1.48 bits per heavy atom. The highest BCUT2D eigenvalue weighted by Crippen LogP contribution is 2.17. The summed E-state index contributed by atoms with van der Waals surface area (Å²) >= 11 is 0. The number of hydrogen-bond acceptors (Lipinski definition) is 6. The van der Waals surface area contributed by atoms with Gasteiger partial charge in [0.2, 0.25) is 0 Å². The third-order valence-corrected chi connectivity index (χ3v) is 3.08. The topological polar surface area (TPSA) is 73.7 Å². The number of morpholine rings is 1. The smallest absolute Gasteiger partial charge is 0.331 e. The van der Waals surface area contributed by atoms with Crippen LogP contribution in [0.4, 0.5) is 5.82 Å². The Balaban J connectivity index is 2.29. The fourth-order valence-corrected chi connectivity index (χ4v) is 2.10. The molecule has 0 aliphatic carbocycles. The fourth-order valence-electron chi connectivity index (χ4n) is 2.10. The lowest BCUT2D eigenvalue weighted by Crippen LogP contribution is -2.54. The van der Waals surface area contributed by atoms with Crippen LogP contribution in [-0.4, -0.2) is 46.9 Å². The van der Waals surface area contributed by atoms with Crippen LogP contribution in [0.1, 0.15) is 20.8 Å². The molecule has 1 saturated heterocycles. The highest BCUT2D eigenvalue weighted by molar-refractivity contribution is 5.80. The van der Waals surface area contributed by atoms with E-state index in [1.54, 1.807) is 45.1 Å². The van der Waals surface area contributed by atoms with E-state index in [1.165, 1.54) is 4.57 Å². The minimum atomic E-state index is -0.652. The van der Waals surface area contributed by atoms with Gasteiger partial charge in [0.15, 0.2) is 11.9 Å². The number of aromatic nitrogens is 2. The van der Waals surface area contributed by atoms with Gasteiger partial charge in [-0.2, -0.15) is 0 Å². The van der Waals surface area contributed by atoms with Gasteiger partial charge in [-0.05, 0) is 20.8 Å². The van der Waals surface area contributed by atoms with Crippen molar-refractivity contribution in [2.75, 3.05) is 24.7 Å². The van der Waals surface area contributed by atoms with Crippen molar-refractivity contribution in [1.29, 1.82) is 0 Å². The van der Waals surface area contributed by atoms with Gasteiger partial charge in [0.1, 0.15) is 5.60 Å². The monoisotopic (exact) mass is 295 g/mol. The second-order valence-corrected chi connectivity index (χ2v) is 5.98. The SMILES string of the molecule is Cn1ccnc(N2CCOCC2C(=O)OC(C)(C)C)c1=O. The van der Waals surface area contributed by atoms with Crippen molar-refractivity contribution in [3.8, 4) is 0 Å². The van der Waals surface area contributed by atoms with Gasteiger partial charge >= 0.3 is 5.97 Å². The first-order valence-electron chi connectivity index (χ1n) is 6.88. The lowest BCUT2D eigenvalue weighted by Gasteiger charge is -2.35. The van der Waals surface area contributed by atoms with E-state index in [1.807, 2.05) is 0 Å². The van der Waals surface area contributed by atoms with Gasteiger partial charge in [0.05, 0.1) is 13.2 Å². The Morgan fingerprint density at radius 2 is 2.19 bits per heavy atom. The molecule has 21 heavy (non-hydrogen) atoms. The van der Waals surface area contributed by atoms with Crippen molar-refractivity contribution in [2.45, 2.75) is 32.4 Å². The number of anilines is 1. The Kier molecular flexibility index (Phi) is 4.32. The molecule has 1 aliphatic rings. The zero-order chi connectivity index (χ0) is 15.6. The second kappa shape index (κ2) is 5.85. The number of carbonyl (C=O) groups excluding carboxylic acids is 1. The average molecular weight is 295 g/mol. The molecular weight excluding hydrogens is 274 g/mol. The quantitative estimate of drug-likeness (QED) is 0.732. The maximum atomic E-state index is 12.3. The molecule has 1 unspecified atom stereocenters. The number of carbonyl (C=O) groups is 1. The van der Waals surface area contributed by atoms with Crippen LogP contribution in [0.3, 0.4) is 0 Å². The summed E-state index contributed by atoms with van der Waals surface area (Å²) in [5.41, 5.74) is -0.831. The maximum Gasteiger partial charge on any atom is 0.331 e. The van der Waals surface area contributed by atoms with Gasteiger partial charge in [-0.25, -0.2) is 9.78 Å². The van der Waals surface area contributed by atoms with E-state index in [-0.39, 0.29) is 18.0 Å². The van der Waals surface area contributed by atoms with Gasteiger partial charge in [-0.1, -0.05) is 0 Å². The molecule has 116 valence electrons. The third kappa shape index (κ3) is 3.60. The van der Waals surface area contributed by atoms with Crippen molar-refractivity contribution < 1.29 is 14.3 Å². The van der Waals surface area contributed by atoms with Crippen LogP contribution in [0.15, 0.2) is 17.2 Å². The first-order chi connectivity index (χ1) is 9.79. The molecule has 1 atom stereocenters. The Morgan fingerprint density at radius 3 is 2.86 bits per heavy atom. The van der Waals surface area contributed by atoms with Crippen molar-refractivity contribution in [3.05, 3.63) is 22.7 Å².